The number of carbonyl (C=O) groups excluding carboxylic acids is 1. The fraction of sp³-hybridized carbons (Fsp3) is 0.417. The monoisotopic (exact) mass is 222 g/mol. The van der Waals surface area contributed by atoms with Crippen molar-refractivity contribution in [1.82, 2.24) is 5.32 Å². The highest BCUT2D eigenvalue weighted by atomic mass is 19.1. The molecule has 2 rings (SSSR count). The van der Waals surface area contributed by atoms with Crippen LogP contribution in [0.3, 0.4) is 0 Å². The van der Waals surface area contributed by atoms with E-state index in [4.69, 9.17) is 5.73 Å². The van der Waals surface area contributed by atoms with Gasteiger partial charge in [0.25, 0.3) is 5.91 Å². The molecule has 0 unspecified atom stereocenters. The Labute approximate surface area is 93.8 Å². The highest BCUT2D eigenvalue weighted by Gasteiger charge is 2.20. The minimum Gasteiger partial charge on any atom is -0.399 e. The van der Waals surface area contributed by atoms with Crippen LogP contribution in [0, 0.1) is 11.7 Å². The van der Waals surface area contributed by atoms with E-state index in [9.17, 15) is 9.18 Å². The molecule has 0 aromatic heterocycles. The molecule has 1 aromatic rings. The number of halogens is 1. The van der Waals surface area contributed by atoms with E-state index in [-0.39, 0.29) is 17.2 Å². The van der Waals surface area contributed by atoms with E-state index in [1.54, 1.807) is 0 Å². The van der Waals surface area contributed by atoms with Crippen LogP contribution in [0.2, 0.25) is 0 Å². The number of rotatable bonds is 4. The summed E-state index contributed by atoms with van der Waals surface area (Å²) in [5, 5.41) is 2.76. The Morgan fingerprint density at radius 3 is 2.81 bits per heavy atom. The predicted octanol–water partition coefficient (Wildman–Crippen LogP) is 1.94. The van der Waals surface area contributed by atoms with Crippen LogP contribution in [0.4, 0.5) is 10.1 Å². The number of nitrogens with two attached hydrogens (primary N) is 1. The van der Waals surface area contributed by atoms with Crippen LogP contribution in [0.15, 0.2) is 18.2 Å². The fourth-order valence-corrected chi connectivity index (χ4v) is 1.64. The normalized spacial score (nSPS) is 14.8. The zero-order valence-electron chi connectivity index (χ0n) is 9.00. The first-order valence-electron chi connectivity index (χ1n) is 5.49. The number of hydrogen-bond donors (Lipinski definition) is 2. The lowest BCUT2D eigenvalue weighted by Gasteiger charge is -2.05. The fourth-order valence-electron chi connectivity index (χ4n) is 1.64. The van der Waals surface area contributed by atoms with E-state index >= 15 is 0 Å². The smallest absolute Gasteiger partial charge is 0.251 e. The molecule has 0 bridgehead atoms. The zero-order chi connectivity index (χ0) is 11.5. The maximum absolute atomic E-state index is 13.0. The predicted molar refractivity (Wildman–Crippen MR) is 60.5 cm³/mol. The molecule has 1 aliphatic carbocycles. The molecule has 1 saturated carbocycles. The Balaban J connectivity index is 1.91. The van der Waals surface area contributed by atoms with Gasteiger partial charge in [0.05, 0.1) is 0 Å². The van der Waals surface area contributed by atoms with Gasteiger partial charge in [0.1, 0.15) is 5.82 Å². The minimum absolute atomic E-state index is 0.258. The Morgan fingerprint density at radius 2 is 2.19 bits per heavy atom. The van der Waals surface area contributed by atoms with Crippen molar-refractivity contribution in [2.75, 3.05) is 12.3 Å². The molecule has 1 fully saturated rings. The zero-order valence-corrected chi connectivity index (χ0v) is 9.00. The molecule has 86 valence electrons. The van der Waals surface area contributed by atoms with E-state index in [0.29, 0.717) is 6.54 Å². The van der Waals surface area contributed by atoms with E-state index in [0.717, 1.165) is 12.3 Å². The van der Waals surface area contributed by atoms with Crippen LogP contribution in [0.5, 0.6) is 0 Å². The van der Waals surface area contributed by atoms with Crippen molar-refractivity contribution in [2.45, 2.75) is 19.3 Å². The van der Waals surface area contributed by atoms with Gasteiger partial charge < -0.3 is 11.1 Å². The summed E-state index contributed by atoms with van der Waals surface area (Å²) in [6.45, 7) is 0.653. The van der Waals surface area contributed by atoms with Crippen LogP contribution >= 0.6 is 0 Å². The van der Waals surface area contributed by atoms with Gasteiger partial charge in [-0.25, -0.2) is 4.39 Å². The SMILES string of the molecule is Nc1cc(F)cc(C(=O)NCCC2CC2)c1. The van der Waals surface area contributed by atoms with Crippen molar-refractivity contribution in [3.05, 3.63) is 29.6 Å². The maximum Gasteiger partial charge on any atom is 0.251 e. The van der Waals surface area contributed by atoms with Gasteiger partial charge in [-0.2, -0.15) is 0 Å². The number of nitrogens with one attached hydrogen (secondary N) is 1. The summed E-state index contributed by atoms with van der Waals surface area (Å²) in [7, 11) is 0. The summed E-state index contributed by atoms with van der Waals surface area (Å²) in [6.07, 6.45) is 3.54. The van der Waals surface area contributed by atoms with Crippen molar-refractivity contribution in [2.24, 2.45) is 5.92 Å². The van der Waals surface area contributed by atoms with Crippen LogP contribution in [-0.2, 0) is 0 Å². The number of benzene rings is 1. The summed E-state index contributed by atoms with van der Waals surface area (Å²) in [4.78, 5) is 11.6. The molecule has 16 heavy (non-hydrogen) atoms. The molecule has 3 N–H and O–H groups in total. The number of amides is 1. The van der Waals surface area contributed by atoms with Gasteiger partial charge in [0, 0.05) is 17.8 Å². The Bertz CT molecular complexity index is 382. The first-order chi connectivity index (χ1) is 7.65. The molecule has 1 aromatic carbocycles. The third-order valence-corrected chi connectivity index (χ3v) is 2.72. The molecular formula is C12H15FN2O. The lowest BCUT2D eigenvalue weighted by Crippen LogP contribution is -2.24. The van der Waals surface area contributed by atoms with Crippen LogP contribution < -0.4 is 11.1 Å². The van der Waals surface area contributed by atoms with Crippen LogP contribution in [0.1, 0.15) is 29.6 Å². The maximum atomic E-state index is 13.0. The molecule has 3 nitrogen and oxygen atoms in total. The third-order valence-electron chi connectivity index (χ3n) is 2.72. The average Bonchev–Trinajstić information content (AvgIpc) is 3.00. The third kappa shape index (κ3) is 2.95. The largest absolute Gasteiger partial charge is 0.399 e. The van der Waals surface area contributed by atoms with E-state index in [1.807, 2.05) is 0 Å². The van der Waals surface area contributed by atoms with Crippen molar-refractivity contribution in [1.29, 1.82) is 0 Å². The number of carbonyl (C=O) groups is 1. The molecule has 1 amide bonds. The van der Waals surface area contributed by atoms with Crippen molar-refractivity contribution >= 4 is 11.6 Å². The number of anilines is 1. The molecular weight excluding hydrogens is 207 g/mol. The summed E-state index contributed by atoms with van der Waals surface area (Å²) in [5.41, 5.74) is 6.02. The molecule has 1 aliphatic rings. The van der Waals surface area contributed by atoms with Crippen molar-refractivity contribution in [3.63, 3.8) is 0 Å². The van der Waals surface area contributed by atoms with Gasteiger partial charge in [-0.15, -0.1) is 0 Å². The molecule has 0 heterocycles. The Kier molecular flexibility index (Phi) is 3.08. The number of nitrogen functional groups attached to an aromatic ring is 1. The average molecular weight is 222 g/mol. The highest BCUT2D eigenvalue weighted by molar-refractivity contribution is 5.95. The summed E-state index contributed by atoms with van der Waals surface area (Å²) >= 11 is 0. The molecule has 4 heteroatoms. The molecule has 0 spiro atoms. The second-order valence-electron chi connectivity index (χ2n) is 4.26. The first-order valence-corrected chi connectivity index (χ1v) is 5.49. The summed E-state index contributed by atoms with van der Waals surface area (Å²) < 4.78 is 13.0. The van der Waals surface area contributed by atoms with Gasteiger partial charge >= 0.3 is 0 Å². The second kappa shape index (κ2) is 4.51. The second-order valence-corrected chi connectivity index (χ2v) is 4.26. The van der Waals surface area contributed by atoms with Gasteiger partial charge in [0.2, 0.25) is 0 Å². The van der Waals surface area contributed by atoms with Gasteiger partial charge in [-0.05, 0) is 30.5 Å². The summed E-state index contributed by atoms with van der Waals surface area (Å²) in [6, 6.07) is 3.87. The van der Waals surface area contributed by atoms with Crippen molar-refractivity contribution < 1.29 is 9.18 Å². The van der Waals surface area contributed by atoms with Gasteiger partial charge in [-0.1, -0.05) is 12.8 Å². The van der Waals surface area contributed by atoms with Gasteiger partial charge in [0.15, 0.2) is 0 Å². The van der Waals surface area contributed by atoms with Crippen molar-refractivity contribution in [3.8, 4) is 0 Å². The molecule has 0 aliphatic heterocycles. The highest BCUT2D eigenvalue weighted by Crippen LogP contribution is 2.31. The molecule has 0 saturated heterocycles. The first kappa shape index (κ1) is 10.9. The minimum atomic E-state index is -0.479. The lowest BCUT2D eigenvalue weighted by atomic mass is 10.2. The Hall–Kier alpha value is -1.58. The Morgan fingerprint density at radius 1 is 1.44 bits per heavy atom. The number of hydrogen-bond acceptors (Lipinski definition) is 2. The summed E-state index contributed by atoms with van der Waals surface area (Å²) in [5.74, 6) is 0.0390. The van der Waals surface area contributed by atoms with E-state index in [1.165, 1.54) is 31.0 Å². The van der Waals surface area contributed by atoms with E-state index in [2.05, 4.69) is 5.32 Å². The van der Waals surface area contributed by atoms with E-state index < -0.39 is 5.82 Å². The molecule has 0 radical (unpaired) electrons. The quantitative estimate of drug-likeness (QED) is 0.765. The van der Waals surface area contributed by atoms with Crippen LogP contribution in [0.25, 0.3) is 0 Å². The van der Waals surface area contributed by atoms with Crippen LogP contribution in [-0.4, -0.2) is 12.5 Å². The lowest BCUT2D eigenvalue weighted by molar-refractivity contribution is 0.0952. The van der Waals surface area contributed by atoms with Gasteiger partial charge in [-0.3, -0.25) is 4.79 Å². The molecule has 0 atom stereocenters. The standard InChI is InChI=1S/C12H15FN2O/c13-10-5-9(6-11(14)7-10)12(16)15-4-3-8-1-2-8/h5-8H,1-4,14H2,(H,15,16). The topological polar surface area (TPSA) is 55.1 Å².